The van der Waals surface area contributed by atoms with Crippen LogP contribution >= 0.6 is 11.5 Å². The Morgan fingerprint density at radius 2 is 2.00 bits per heavy atom. The highest BCUT2D eigenvalue weighted by molar-refractivity contribution is 7.03. The highest BCUT2D eigenvalue weighted by Gasteiger charge is 2.37. The molecule has 0 bridgehead atoms. The SMILES string of the molecule is CCc1ccc(N(C(=O)c2csnn2)[C@H](C(=O)NC2CCCC2)c2ccco2)cc1. The molecule has 0 saturated heterocycles. The van der Waals surface area contributed by atoms with Gasteiger partial charge in [-0.15, -0.1) is 5.10 Å². The quantitative estimate of drug-likeness (QED) is 0.616. The monoisotopic (exact) mass is 424 g/mol. The number of nitrogens with zero attached hydrogens (tertiary/aromatic N) is 3. The summed E-state index contributed by atoms with van der Waals surface area (Å²) in [6, 6.07) is 10.3. The van der Waals surface area contributed by atoms with Crippen LogP contribution in [0.3, 0.4) is 0 Å². The van der Waals surface area contributed by atoms with Crippen LogP contribution in [0.25, 0.3) is 0 Å². The van der Waals surface area contributed by atoms with E-state index in [-0.39, 0.29) is 17.6 Å². The number of aryl methyl sites for hydroxylation is 1. The summed E-state index contributed by atoms with van der Waals surface area (Å²) in [5.74, 6) is -0.245. The van der Waals surface area contributed by atoms with Crippen LogP contribution in [0.4, 0.5) is 5.69 Å². The molecule has 1 aromatic carbocycles. The maximum Gasteiger partial charge on any atom is 0.280 e. The van der Waals surface area contributed by atoms with Gasteiger partial charge in [-0.05, 0) is 60.6 Å². The van der Waals surface area contributed by atoms with Crippen molar-refractivity contribution in [3.63, 3.8) is 0 Å². The average molecular weight is 425 g/mol. The molecule has 156 valence electrons. The Hall–Kier alpha value is -3.00. The van der Waals surface area contributed by atoms with Gasteiger partial charge >= 0.3 is 0 Å². The minimum Gasteiger partial charge on any atom is -0.467 e. The predicted octanol–water partition coefficient (Wildman–Crippen LogP) is 4.14. The van der Waals surface area contributed by atoms with Gasteiger partial charge in [0, 0.05) is 17.1 Å². The second kappa shape index (κ2) is 9.21. The number of amides is 2. The molecule has 0 unspecified atom stereocenters. The number of furan rings is 1. The van der Waals surface area contributed by atoms with Gasteiger partial charge in [-0.1, -0.05) is 36.4 Å². The van der Waals surface area contributed by atoms with Crippen LogP contribution in [0.1, 0.15) is 60.5 Å². The maximum atomic E-state index is 13.4. The third-order valence-corrected chi connectivity index (χ3v) is 5.95. The molecule has 1 N–H and O–H groups in total. The van der Waals surface area contributed by atoms with Crippen molar-refractivity contribution in [1.29, 1.82) is 0 Å². The van der Waals surface area contributed by atoms with E-state index in [1.54, 1.807) is 17.5 Å². The molecule has 3 aromatic rings. The molecule has 7 nitrogen and oxygen atoms in total. The van der Waals surface area contributed by atoms with Gasteiger partial charge in [-0.3, -0.25) is 14.5 Å². The average Bonchev–Trinajstić information content (AvgIpc) is 3.55. The van der Waals surface area contributed by atoms with E-state index in [0.29, 0.717) is 11.4 Å². The van der Waals surface area contributed by atoms with Gasteiger partial charge in [-0.2, -0.15) is 0 Å². The summed E-state index contributed by atoms with van der Waals surface area (Å²) >= 11 is 1.10. The van der Waals surface area contributed by atoms with Gasteiger partial charge < -0.3 is 9.73 Å². The number of rotatable bonds is 7. The molecule has 1 atom stereocenters. The summed E-state index contributed by atoms with van der Waals surface area (Å²) in [5, 5.41) is 8.64. The van der Waals surface area contributed by atoms with E-state index in [1.807, 2.05) is 24.3 Å². The number of nitrogens with one attached hydrogen (secondary N) is 1. The van der Waals surface area contributed by atoms with Gasteiger partial charge in [0.25, 0.3) is 11.8 Å². The third kappa shape index (κ3) is 4.28. The highest BCUT2D eigenvalue weighted by Crippen LogP contribution is 2.31. The lowest BCUT2D eigenvalue weighted by atomic mass is 10.1. The van der Waals surface area contributed by atoms with Crippen molar-refractivity contribution >= 4 is 29.0 Å². The predicted molar refractivity (Wildman–Crippen MR) is 114 cm³/mol. The maximum absolute atomic E-state index is 13.4. The van der Waals surface area contributed by atoms with Crippen molar-refractivity contribution < 1.29 is 14.0 Å². The second-order valence-electron chi connectivity index (χ2n) is 7.39. The molecule has 2 heterocycles. The van der Waals surface area contributed by atoms with Crippen molar-refractivity contribution in [3.05, 3.63) is 65.1 Å². The molecule has 1 saturated carbocycles. The number of hydrogen-bond acceptors (Lipinski definition) is 6. The van der Waals surface area contributed by atoms with Gasteiger partial charge in [0.1, 0.15) is 5.76 Å². The lowest BCUT2D eigenvalue weighted by Gasteiger charge is -2.30. The summed E-state index contributed by atoms with van der Waals surface area (Å²) in [6.07, 6.45) is 6.49. The van der Waals surface area contributed by atoms with E-state index < -0.39 is 11.9 Å². The number of carbonyl (C=O) groups excluding carboxylic acids is 2. The number of benzene rings is 1. The van der Waals surface area contributed by atoms with Gasteiger partial charge in [0.05, 0.1) is 6.26 Å². The minimum atomic E-state index is -0.942. The molecule has 1 fully saturated rings. The third-order valence-electron chi connectivity index (χ3n) is 5.44. The van der Waals surface area contributed by atoms with Gasteiger partial charge in [0.15, 0.2) is 11.7 Å². The fourth-order valence-corrected chi connectivity index (χ4v) is 4.26. The van der Waals surface area contributed by atoms with Crippen molar-refractivity contribution in [1.82, 2.24) is 14.9 Å². The smallest absolute Gasteiger partial charge is 0.280 e. The van der Waals surface area contributed by atoms with E-state index in [2.05, 4.69) is 21.8 Å². The van der Waals surface area contributed by atoms with Crippen LogP contribution in [-0.2, 0) is 11.2 Å². The molecule has 30 heavy (non-hydrogen) atoms. The first kappa shape index (κ1) is 20.3. The number of hydrogen-bond donors (Lipinski definition) is 1. The Morgan fingerprint density at radius 1 is 1.23 bits per heavy atom. The number of anilines is 1. The summed E-state index contributed by atoms with van der Waals surface area (Å²) in [7, 11) is 0. The van der Waals surface area contributed by atoms with Gasteiger partial charge in [0.2, 0.25) is 0 Å². The highest BCUT2D eigenvalue weighted by atomic mass is 32.1. The van der Waals surface area contributed by atoms with E-state index in [4.69, 9.17) is 4.42 Å². The Morgan fingerprint density at radius 3 is 2.60 bits per heavy atom. The Kier molecular flexibility index (Phi) is 6.23. The van der Waals surface area contributed by atoms with E-state index in [9.17, 15) is 9.59 Å². The first-order chi connectivity index (χ1) is 14.7. The molecule has 1 aliphatic carbocycles. The fraction of sp³-hybridized carbons (Fsp3) is 0.364. The number of aromatic nitrogens is 2. The zero-order valence-corrected chi connectivity index (χ0v) is 17.6. The summed E-state index contributed by atoms with van der Waals surface area (Å²) in [5.41, 5.74) is 1.95. The fourth-order valence-electron chi connectivity index (χ4n) is 3.83. The Bertz CT molecular complexity index is 965. The first-order valence-electron chi connectivity index (χ1n) is 10.2. The van der Waals surface area contributed by atoms with E-state index in [0.717, 1.165) is 49.2 Å². The van der Waals surface area contributed by atoms with Crippen LogP contribution in [0.5, 0.6) is 0 Å². The summed E-state index contributed by atoms with van der Waals surface area (Å²) in [4.78, 5) is 28.3. The molecular weight excluding hydrogens is 400 g/mol. The normalized spacial score (nSPS) is 15.1. The second-order valence-corrected chi connectivity index (χ2v) is 8.00. The first-order valence-corrected chi connectivity index (χ1v) is 11.0. The van der Waals surface area contributed by atoms with Crippen LogP contribution < -0.4 is 10.2 Å². The Labute approximate surface area is 179 Å². The van der Waals surface area contributed by atoms with Gasteiger partial charge in [-0.25, -0.2) is 0 Å². The van der Waals surface area contributed by atoms with Crippen molar-refractivity contribution in [3.8, 4) is 0 Å². The van der Waals surface area contributed by atoms with Crippen molar-refractivity contribution in [2.24, 2.45) is 0 Å². The topological polar surface area (TPSA) is 88.3 Å². The van der Waals surface area contributed by atoms with Crippen molar-refractivity contribution in [2.45, 2.75) is 51.1 Å². The zero-order chi connectivity index (χ0) is 20.9. The molecule has 1 aliphatic rings. The lowest BCUT2D eigenvalue weighted by molar-refractivity contribution is -0.123. The van der Waals surface area contributed by atoms with Crippen LogP contribution in [-0.4, -0.2) is 27.4 Å². The summed E-state index contributed by atoms with van der Waals surface area (Å²) in [6.45, 7) is 2.07. The van der Waals surface area contributed by atoms with E-state index in [1.165, 1.54) is 11.2 Å². The molecule has 8 heteroatoms. The summed E-state index contributed by atoms with van der Waals surface area (Å²) < 4.78 is 9.42. The molecular formula is C22H24N4O3S. The number of carbonyl (C=O) groups is 2. The van der Waals surface area contributed by atoms with E-state index >= 15 is 0 Å². The van der Waals surface area contributed by atoms with Crippen molar-refractivity contribution in [2.75, 3.05) is 4.90 Å². The molecule has 0 aliphatic heterocycles. The molecule has 4 rings (SSSR count). The van der Waals surface area contributed by atoms with Crippen LogP contribution in [0, 0.1) is 0 Å². The molecule has 2 amide bonds. The zero-order valence-electron chi connectivity index (χ0n) is 16.8. The molecule has 0 radical (unpaired) electrons. The largest absolute Gasteiger partial charge is 0.467 e. The van der Waals surface area contributed by atoms with Crippen LogP contribution in [0.15, 0.2) is 52.5 Å². The standard InChI is InChI=1S/C22H24N4O3S/c1-2-15-9-11-17(12-10-15)26(22(28)18-14-30-25-24-18)20(19-8-5-13-29-19)21(27)23-16-6-3-4-7-16/h5,8-14,16,20H,2-4,6-7H2,1H3,(H,23,27)/t20-/m0/s1. The minimum absolute atomic E-state index is 0.121. The lowest BCUT2D eigenvalue weighted by Crippen LogP contribution is -2.46. The molecule has 0 spiro atoms. The molecule has 2 aromatic heterocycles. The Balaban J connectivity index is 1.75. The van der Waals surface area contributed by atoms with Crippen LogP contribution in [0.2, 0.25) is 0 Å².